The van der Waals surface area contributed by atoms with E-state index in [1.807, 2.05) is 6.08 Å². The molecule has 29 heavy (non-hydrogen) atoms. The molecule has 1 atom stereocenters. The number of nitrogens with one attached hydrogen (secondary N) is 2. The van der Waals surface area contributed by atoms with Crippen LogP contribution in [0.2, 0.25) is 0 Å². The van der Waals surface area contributed by atoms with Crippen molar-refractivity contribution in [1.82, 2.24) is 9.97 Å². The highest BCUT2D eigenvalue weighted by molar-refractivity contribution is 5.97. The maximum Gasteiger partial charge on any atom is 0.345 e. The zero-order valence-corrected chi connectivity index (χ0v) is 16.1. The molecule has 3 rings (SSSR count). The molecule has 2 aliphatic carbocycles. The number of primary amides is 1. The van der Waals surface area contributed by atoms with Gasteiger partial charge in [0.25, 0.3) is 5.91 Å². The summed E-state index contributed by atoms with van der Waals surface area (Å²) in [4.78, 5) is 20.3. The number of aliphatic hydroxyl groups excluding tert-OH is 1. The molecule has 5 N–H and O–H groups in total. The van der Waals surface area contributed by atoms with Crippen molar-refractivity contribution in [2.24, 2.45) is 5.73 Å². The van der Waals surface area contributed by atoms with Crippen LogP contribution in [0, 0.1) is 0 Å². The average Bonchev–Trinajstić information content (AvgIpc) is 2.86. The Balaban J connectivity index is 1.67. The number of carbonyl (C=O) groups is 1. The molecule has 1 aromatic heterocycles. The minimum absolute atomic E-state index is 0.0266. The Morgan fingerprint density at radius 1 is 1.28 bits per heavy atom. The number of ether oxygens (including phenoxy) is 1. The molecular formula is C19H27F2N5O3. The smallest absolute Gasteiger partial charge is 0.345 e. The minimum Gasteiger partial charge on any atom is -0.393 e. The highest BCUT2D eigenvalue weighted by Crippen LogP contribution is 2.26. The highest BCUT2D eigenvalue weighted by Gasteiger charge is 2.25. The Morgan fingerprint density at radius 3 is 2.72 bits per heavy atom. The van der Waals surface area contributed by atoms with Crippen molar-refractivity contribution >= 4 is 17.7 Å². The van der Waals surface area contributed by atoms with Gasteiger partial charge in [-0.25, -0.2) is 4.98 Å². The fourth-order valence-electron chi connectivity index (χ4n) is 3.72. The lowest BCUT2D eigenvalue weighted by Crippen LogP contribution is -2.31. The van der Waals surface area contributed by atoms with Crippen LogP contribution < -0.4 is 16.4 Å². The van der Waals surface area contributed by atoms with Gasteiger partial charge in [-0.05, 0) is 44.9 Å². The normalized spacial score (nSPS) is 25.2. The predicted molar refractivity (Wildman–Crippen MR) is 103 cm³/mol. The number of hydrogen-bond acceptors (Lipinski definition) is 7. The van der Waals surface area contributed by atoms with Gasteiger partial charge in [0.05, 0.1) is 12.2 Å². The second-order valence-electron chi connectivity index (χ2n) is 7.48. The van der Waals surface area contributed by atoms with Gasteiger partial charge in [0.2, 0.25) is 5.95 Å². The topological polar surface area (TPSA) is 122 Å². The van der Waals surface area contributed by atoms with Crippen LogP contribution in [0.15, 0.2) is 18.0 Å². The van der Waals surface area contributed by atoms with Gasteiger partial charge in [0.1, 0.15) is 11.4 Å². The molecule has 0 spiro atoms. The van der Waals surface area contributed by atoms with Crippen LogP contribution >= 0.6 is 0 Å². The Kier molecular flexibility index (Phi) is 7.32. The van der Waals surface area contributed by atoms with Crippen LogP contribution in [-0.2, 0) is 4.74 Å². The second kappa shape index (κ2) is 9.93. The van der Waals surface area contributed by atoms with E-state index >= 15 is 0 Å². The van der Waals surface area contributed by atoms with Gasteiger partial charge in [-0.3, -0.25) is 4.79 Å². The molecule has 1 saturated carbocycles. The van der Waals surface area contributed by atoms with Gasteiger partial charge in [0.15, 0.2) is 0 Å². The number of carbonyl (C=O) groups excluding carboxylic acids is 1. The van der Waals surface area contributed by atoms with E-state index in [0.29, 0.717) is 38.1 Å². The SMILES string of the molecule is NC(=O)c1cnc(N[C@H]2CC[C@H](OC(F)F)CC2)nc1NC1=CCCC[C@H](O)C1. The standard InChI is InChI=1S/C19H27F2N5O3/c20-18(21)29-14-7-5-11(6-8-14)25-19-23-10-15(16(22)28)17(26-19)24-12-3-1-2-4-13(27)9-12/h3,10-11,13-14,18,27H,1-2,4-9H2,(H2,22,28)(H2,23,24,25,26)/t11-,13-,14-/m0/s1. The molecule has 10 heteroatoms. The molecule has 0 radical (unpaired) electrons. The fourth-order valence-corrected chi connectivity index (χ4v) is 3.72. The van der Waals surface area contributed by atoms with Gasteiger partial charge < -0.3 is 26.2 Å². The third kappa shape index (κ3) is 6.33. The summed E-state index contributed by atoms with van der Waals surface area (Å²) >= 11 is 0. The van der Waals surface area contributed by atoms with Crippen molar-refractivity contribution in [2.45, 2.75) is 76.2 Å². The molecule has 0 unspecified atom stereocenters. The number of allylic oxidation sites excluding steroid dienone is 1. The van der Waals surface area contributed by atoms with E-state index in [-0.39, 0.29) is 17.4 Å². The second-order valence-corrected chi connectivity index (χ2v) is 7.48. The number of amides is 1. The first-order chi connectivity index (χ1) is 13.9. The van der Waals surface area contributed by atoms with Crippen molar-refractivity contribution < 1.29 is 23.4 Å². The number of anilines is 2. The predicted octanol–water partition coefficient (Wildman–Crippen LogP) is 2.77. The number of nitrogens with two attached hydrogens (primary N) is 1. The van der Waals surface area contributed by atoms with E-state index in [1.54, 1.807) is 0 Å². The maximum absolute atomic E-state index is 12.3. The number of aromatic nitrogens is 2. The highest BCUT2D eigenvalue weighted by atomic mass is 19.3. The van der Waals surface area contributed by atoms with Crippen LogP contribution in [0.4, 0.5) is 20.5 Å². The summed E-state index contributed by atoms with van der Waals surface area (Å²) in [6, 6.07) is 0.0266. The third-order valence-corrected chi connectivity index (χ3v) is 5.22. The molecule has 1 heterocycles. The Bertz CT molecular complexity index is 739. The van der Waals surface area contributed by atoms with Crippen molar-refractivity contribution in [2.75, 3.05) is 10.6 Å². The largest absolute Gasteiger partial charge is 0.393 e. The lowest BCUT2D eigenvalue weighted by Gasteiger charge is -2.29. The summed E-state index contributed by atoms with van der Waals surface area (Å²) in [5.74, 6) is -0.0472. The average molecular weight is 411 g/mol. The van der Waals surface area contributed by atoms with Crippen molar-refractivity contribution in [3.05, 3.63) is 23.5 Å². The molecule has 2 aliphatic rings. The van der Waals surface area contributed by atoms with Gasteiger partial charge in [-0.2, -0.15) is 13.8 Å². The third-order valence-electron chi connectivity index (χ3n) is 5.22. The fraction of sp³-hybridized carbons (Fsp3) is 0.632. The van der Waals surface area contributed by atoms with Crippen LogP contribution in [-0.4, -0.2) is 45.8 Å². The maximum atomic E-state index is 12.3. The van der Waals surface area contributed by atoms with Crippen molar-refractivity contribution in [3.63, 3.8) is 0 Å². The Hall–Kier alpha value is -2.33. The lowest BCUT2D eigenvalue weighted by molar-refractivity contribution is -0.169. The van der Waals surface area contributed by atoms with Crippen LogP contribution in [0.3, 0.4) is 0 Å². The summed E-state index contributed by atoms with van der Waals surface area (Å²) in [7, 11) is 0. The number of hydrogen-bond donors (Lipinski definition) is 4. The van der Waals surface area contributed by atoms with E-state index < -0.39 is 24.7 Å². The molecular weight excluding hydrogens is 384 g/mol. The minimum atomic E-state index is -2.75. The zero-order valence-electron chi connectivity index (χ0n) is 16.1. The van der Waals surface area contributed by atoms with Gasteiger partial charge in [-0.1, -0.05) is 6.08 Å². The van der Waals surface area contributed by atoms with Crippen LogP contribution in [0.5, 0.6) is 0 Å². The Morgan fingerprint density at radius 2 is 2.03 bits per heavy atom. The van der Waals surface area contributed by atoms with Gasteiger partial charge in [-0.15, -0.1) is 0 Å². The summed E-state index contributed by atoms with van der Waals surface area (Å²) in [6.45, 7) is -2.75. The van der Waals surface area contributed by atoms with E-state index in [2.05, 4.69) is 25.3 Å². The zero-order chi connectivity index (χ0) is 20.8. The molecule has 0 bridgehead atoms. The van der Waals surface area contributed by atoms with Crippen molar-refractivity contribution in [3.8, 4) is 0 Å². The number of halogens is 2. The quantitative estimate of drug-likeness (QED) is 0.544. The number of rotatable bonds is 7. The van der Waals surface area contributed by atoms with Gasteiger partial charge >= 0.3 is 6.61 Å². The summed E-state index contributed by atoms with van der Waals surface area (Å²) in [5, 5.41) is 16.3. The first-order valence-electron chi connectivity index (χ1n) is 9.92. The van der Waals surface area contributed by atoms with Crippen LogP contribution in [0.1, 0.15) is 61.7 Å². The first kappa shape index (κ1) is 21.4. The molecule has 0 aliphatic heterocycles. The summed E-state index contributed by atoms with van der Waals surface area (Å²) < 4.78 is 29.2. The molecule has 8 nitrogen and oxygen atoms in total. The molecule has 160 valence electrons. The monoisotopic (exact) mass is 411 g/mol. The van der Waals surface area contributed by atoms with Crippen LogP contribution in [0.25, 0.3) is 0 Å². The first-order valence-corrected chi connectivity index (χ1v) is 9.92. The number of alkyl halides is 2. The van der Waals surface area contributed by atoms with Gasteiger partial charge in [0, 0.05) is 24.4 Å². The van der Waals surface area contributed by atoms with E-state index in [1.165, 1.54) is 6.20 Å². The molecule has 0 saturated heterocycles. The summed E-state index contributed by atoms with van der Waals surface area (Å²) in [5.41, 5.74) is 6.38. The number of nitrogens with zero attached hydrogens (tertiary/aromatic N) is 2. The van der Waals surface area contributed by atoms with Crippen molar-refractivity contribution in [1.29, 1.82) is 0 Å². The Labute approximate surface area is 167 Å². The molecule has 1 amide bonds. The lowest BCUT2D eigenvalue weighted by atomic mass is 9.93. The molecule has 1 fully saturated rings. The van der Waals surface area contributed by atoms with E-state index in [4.69, 9.17) is 5.73 Å². The number of aliphatic hydroxyl groups is 1. The molecule has 1 aromatic rings. The van der Waals surface area contributed by atoms with E-state index in [9.17, 15) is 18.7 Å². The molecule has 0 aromatic carbocycles. The van der Waals surface area contributed by atoms with E-state index in [0.717, 1.165) is 25.0 Å². The summed E-state index contributed by atoms with van der Waals surface area (Å²) in [6.07, 6.45) is 7.70.